The maximum Gasteiger partial charge on any atom is 0.143 e. The highest BCUT2D eigenvalue weighted by molar-refractivity contribution is 5.96. The Morgan fingerprint density at radius 2 is 0.897 bits per heavy atom. The van der Waals surface area contributed by atoms with Crippen molar-refractivity contribution in [3.05, 3.63) is 132 Å². The van der Waals surface area contributed by atoms with Crippen LogP contribution in [0.3, 0.4) is 0 Å². The molecule has 0 unspecified atom stereocenters. The minimum absolute atomic E-state index is 0.758. The van der Waals surface area contributed by atoms with E-state index in [4.69, 9.17) is 9.47 Å². The molecular formula is C27H22O2. The van der Waals surface area contributed by atoms with E-state index in [0.717, 1.165) is 39.5 Å². The summed E-state index contributed by atoms with van der Waals surface area (Å²) in [5, 5.41) is 0. The number of benzene rings is 4. The molecule has 0 aromatic heterocycles. The summed E-state index contributed by atoms with van der Waals surface area (Å²) in [6, 6.07) is 38.6. The van der Waals surface area contributed by atoms with Crippen LogP contribution in [0.5, 0.6) is 11.5 Å². The molecule has 4 aromatic rings. The zero-order valence-electron chi connectivity index (χ0n) is 16.3. The van der Waals surface area contributed by atoms with Gasteiger partial charge in [0, 0.05) is 11.1 Å². The van der Waals surface area contributed by atoms with E-state index in [1.165, 1.54) is 0 Å². The fourth-order valence-corrected chi connectivity index (χ4v) is 3.24. The molecule has 0 aliphatic heterocycles. The van der Waals surface area contributed by atoms with E-state index in [0.29, 0.717) is 0 Å². The van der Waals surface area contributed by atoms with E-state index in [9.17, 15) is 0 Å². The molecule has 2 nitrogen and oxygen atoms in total. The molecular weight excluding hydrogens is 356 g/mol. The van der Waals surface area contributed by atoms with Crippen LogP contribution in [0.25, 0.3) is 11.3 Å². The number of hydrogen-bond donors (Lipinski definition) is 0. The minimum atomic E-state index is 0.758. The Labute approximate surface area is 171 Å². The molecule has 0 fully saturated rings. The maximum atomic E-state index is 6.50. The van der Waals surface area contributed by atoms with Crippen LogP contribution in [0.1, 0.15) is 16.7 Å². The van der Waals surface area contributed by atoms with E-state index < -0.39 is 0 Å². The molecule has 0 saturated carbocycles. The molecule has 0 saturated heterocycles. The van der Waals surface area contributed by atoms with Gasteiger partial charge in [-0.25, -0.2) is 0 Å². The van der Waals surface area contributed by atoms with Crippen LogP contribution in [-0.4, -0.2) is 7.11 Å². The van der Waals surface area contributed by atoms with Crippen molar-refractivity contribution in [3.8, 4) is 11.5 Å². The predicted molar refractivity (Wildman–Crippen MR) is 119 cm³/mol. The van der Waals surface area contributed by atoms with Crippen LogP contribution in [0, 0.1) is 0 Å². The summed E-state index contributed by atoms with van der Waals surface area (Å²) >= 11 is 0. The van der Waals surface area contributed by atoms with Crippen molar-refractivity contribution in [2.24, 2.45) is 0 Å². The highest BCUT2D eigenvalue weighted by Gasteiger charge is 2.16. The van der Waals surface area contributed by atoms with Gasteiger partial charge in [-0.15, -0.1) is 0 Å². The van der Waals surface area contributed by atoms with Gasteiger partial charge in [0.2, 0.25) is 0 Å². The molecule has 0 bridgehead atoms. The van der Waals surface area contributed by atoms with E-state index in [1.54, 1.807) is 7.11 Å². The lowest BCUT2D eigenvalue weighted by Crippen LogP contribution is -2.02. The van der Waals surface area contributed by atoms with Crippen molar-refractivity contribution >= 4 is 11.3 Å². The molecule has 0 N–H and O–H groups in total. The molecule has 0 aliphatic carbocycles. The van der Waals surface area contributed by atoms with E-state index in [1.807, 2.05) is 78.9 Å². The Morgan fingerprint density at radius 3 is 1.34 bits per heavy atom. The van der Waals surface area contributed by atoms with Gasteiger partial charge in [0.25, 0.3) is 0 Å². The molecule has 4 aromatic carbocycles. The minimum Gasteiger partial charge on any atom is -0.497 e. The lowest BCUT2D eigenvalue weighted by atomic mass is 9.94. The van der Waals surface area contributed by atoms with E-state index in [2.05, 4.69) is 36.4 Å². The highest BCUT2D eigenvalue weighted by atomic mass is 16.5. The fourth-order valence-electron chi connectivity index (χ4n) is 3.24. The Balaban J connectivity index is 1.92. The van der Waals surface area contributed by atoms with Gasteiger partial charge in [-0.05, 0) is 35.4 Å². The van der Waals surface area contributed by atoms with Crippen LogP contribution < -0.4 is 9.47 Å². The topological polar surface area (TPSA) is 18.5 Å². The van der Waals surface area contributed by atoms with Crippen molar-refractivity contribution in [1.82, 2.24) is 0 Å². The van der Waals surface area contributed by atoms with Crippen molar-refractivity contribution in [2.45, 2.75) is 0 Å². The summed E-state index contributed by atoms with van der Waals surface area (Å²) in [7, 11) is 1.66. The average molecular weight is 378 g/mol. The third kappa shape index (κ3) is 4.39. The van der Waals surface area contributed by atoms with Crippen molar-refractivity contribution in [2.75, 3.05) is 7.11 Å². The predicted octanol–water partition coefficient (Wildman–Crippen LogP) is 6.69. The summed E-state index contributed by atoms with van der Waals surface area (Å²) in [5.41, 5.74) is 4.27. The SMILES string of the molecule is COc1ccc(OC(=C(c2ccccc2)c2ccccc2)c2ccccc2)cc1. The van der Waals surface area contributed by atoms with Crippen molar-refractivity contribution < 1.29 is 9.47 Å². The summed E-state index contributed by atoms with van der Waals surface area (Å²) in [6.07, 6.45) is 0. The fraction of sp³-hybridized carbons (Fsp3) is 0.0370. The van der Waals surface area contributed by atoms with Gasteiger partial charge < -0.3 is 9.47 Å². The molecule has 0 heterocycles. The number of rotatable bonds is 6. The van der Waals surface area contributed by atoms with Crippen molar-refractivity contribution in [3.63, 3.8) is 0 Å². The molecule has 0 spiro atoms. The molecule has 0 amide bonds. The molecule has 29 heavy (non-hydrogen) atoms. The molecule has 0 radical (unpaired) electrons. The van der Waals surface area contributed by atoms with Gasteiger partial charge in [0.15, 0.2) is 0 Å². The monoisotopic (exact) mass is 378 g/mol. The molecule has 0 aliphatic rings. The Hall–Kier alpha value is -3.78. The van der Waals surface area contributed by atoms with Gasteiger partial charge in [-0.3, -0.25) is 0 Å². The van der Waals surface area contributed by atoms with Crippen LogP contribution >= 0.6 is 0 Å². The van der Waals surface area contributed by atoms with Crippen LogP contribution in [0.15, 0.2) is 115 Å². The van der Waals surface area contributed by atoms with Crippen molar-refractivity contribution in [1.29, 1.82) is 0 Å². The molecule has 0 atom stereocenters. The lowest BCUT2D eigenvalue weighted by molar-refractivity contribution is 0.413. The summed E-state index contributed by atoms with van der Waals surface area (Å²) in [4.78, 5) is 0. The third-order valence-corrected chi connectivity index (χ3v) is 4.67. The zero-order chi connectivity index (χ0) is 19.9. The summed E-state index contributed by atoms with van der Waals surface area (Å²) < 4.78 is 11.8. The lowest BCUT2D eigenvalue weighted by Gasteiger charge is -2.18. The summed E-state index contributed by atoms with van der Waals surface area (Å²) in [6.45, 7) is 0. The second-order valence-corrected chi connectivity index (χ2v) is 6.58. The van der Waals surface area contributed by atoms with Gasteiger partial charge in [-0.2, -0.15) is 0 Å². The van der Waals surface area contributed by atoms with E-state index >= 15 is 0 Å². The molecule has 2 heteroatoms. The van der Waals surface area contributed by atoms with Gasteiger partial charge in [0.1, 0.15) is 17.3 Å². The van der Waals surface area contributed by atoms with Crippen LogP contribution in [-0.2, 0) is 0 Å². The van der Waals surface area contributed by atoms with E-state index in [-0.39, 0.29) is 0 Å². The Morgan fingerprint density at radius 1 is 0.483 bits per heavy atom. The number of methoxy groups -OCH3 is 1. The zero-order valence-corrected chi connectivity index (χ0v) is 16.3. The van der Waals surface area contributed by atoms with Crippen LogP contribution in [0.4, 0.5) is 0 Å². The first-order chi connectivity index (χ1) is 14.3. The quantitative estimate of drug-likeness (QED) is 0.275. The molecule has 142 valence electrons. The largest absolute Gasteiger partial charge is 0.497 e. The van der Waals surface area contributed by atoms with Gasteiger partial charge in [-0.1, -0.05) is 91.0 Å². The maximum absolute atomic E-state index is 6.50. The average Bonchev–Trinajstić information content (AvgIpc) is 2.81. The Kier molecular flexibility index (Phi) is 5.73. The number of ether oxygens (including phenoxy) is 2. The first kappa shape index (κ1) is 18.6. The second kappa shape index (κ2) is 8.94. The molecule has 4 rings (SSSR count). The van der Waals surface area contributed by atoms with Gasteiger partial charge >= 0.3 is 0 Å². The first-order valence-corrected chi connectivity index (χ1v) is 9.57. The normalized spacial score (nSPS) is 10.2. The first-order valence-electron chi connectivity index (χ1n) is 9.57. The standard InChI is InChI=1S/C27H22O2/c1-28-24-17-19-25(20-18-24)29-27(23-15-9-4-10-16-23)26(21-11-5-2-6-12-21)22-13-7-3-8-14-22/h2-20H,1H3. The van der Waals surface area contributed by atoms with Gasteiger partial charge in [0.05, 0.1) is 7.11 Å². The van der Waals surface area contributed by atoms with Crippen LogP contribution in [0.2, 0.25) is 0 Å². The second-order valence-electron chi connectivity index (χ2n) is 6.58. The number of hydrogen-bond acceptors (Lipinski definition) is 2. The third-order valence-electron chi connectivity index (χ3n) is 4.67. The smallest absolute Gasteiger partial charge is 0.143 e. The highest BCUT2D eigenvalue weighted by Crippen LogP contribution is 2.34. The summed E-state index contributed by atoms with van der Waals surface area (Å²) in [5.74, 6) is 2.37. The Bertz CT molecular complexity index is 1030.